The standard InChI is InChI=1S/C15H24O4/c1-9-7-13(17)15(18)8-12(19-11(3)16)5-6-14(15,4)10(9)2/h9-10,12,18H,5-8H2,1-4H3. The van der Waals surface area contributed by atoms with E-state index in [9.17, 15) is 14.7 Å². The number of fused-ring (bicyclic) bond motifs is 1. The summed E-state index contributed by atoms with van der Waals surface area (Å²) in [6, 6.07) is 0. The largest absolute Gasteiger partial charge is 0.462 e. The van der Waals surface area contributed by atoms with Gasteiger partial charge < -0.3 is 9.84 Å². The molecule has 4 heteroatoms. The Kier molecular flexibility index (Phi) is 3.50. The Morgan fingerprint density at radius 3 is 2.63 bits per heavy atom. The number of carbonyl (C=O) groups is 2. The molecule has 2 fully saturated rings. The number of esters is 1. The lowest BCUT2D eigenvalue weighted by molar-refractivity contribution is -0.201. The third-order valence-electron chi connectivity index (χ3n) is 5.61. The number of rotatable bonds is 1. The molecule has 2 aliphatic rings. The molecule has 0 aliphatic heterocycles. The van der Waals surface area contributed by atoms with Crippen LogP contribution < -0.4 is 0 Å². The van der Waals surface area contributed by atoms with Crippen LogP contribution in [0.15, 0.2) is 0 Å². The molecule has 5 atom stereocenters. The van der Waals surface area contributed by atoms with Crippen molar-refractivity contribution >= 4 is 11.8 Å². The highest BCUT2D eigenvalue weighted by Crippen LogP contribution is 2.56. The zero-order chi connectivity index (χ0) is 14.4. The van der Waals surface area contributed by atoms with Gasteiger partial charge in [-0.2, -0.15) is 0 Å². The van der Waals surface area contributed by atoms with E-state index in [0.29, 0.717) is 12.3 Å². The molecule has 0 saturated heterocycles. The van der Waals surface area contributed by atoms with E-state index in [1.54, 1.807) is 0 Å². The second-order valence-corrected chi connectivity index (χ2v) is 6.65. The van der Waals surface area contributed by atoms with Gasteiger partial charge in [-0.1, -0.05) is 20.8 Å². The molecule has 0 amide bonds. The van der Waals surface area contributed by atoms with Crippen LogP contribution in [0.2, 0.25) is 0 Å². The highest BCUT2D eigenvalue weighted by Gasteiger charge is 2.61. The van der Waals surface area contributed by atoms with Crippen LogP contribution in [0.1, 0.15) is 53.4 Å². The lowest BCUT2D eigenvalue weighted by atomic mass is 9.50. The van der Waals surface area contributed by atoms with Crippen LogP contribution in [0, 0.1) is 17.3 Å². The minimum Gasteiger partial charge on any atom is -0.462 e. The van der Waals surface area contributed by atoms with Crippen LogP contribution in [0.5, 0.6) is 0 Å². The summed E-state index contributed by atoms with van der Waals surface area (Å²) in [6.07, 6.45) is 1.78. The van der Waals surface area contributed by atoms with Crippen LogP contribution in [0.3, 0.4) is 0 Å². The molecule has 5 unspecified atom stereocenters. The van der Waals surface area contributed by atoms with Crippen molar-refractivity contribution in [2.45, 2.75) is 65.1 Å². The van der Waals surface area contributed by atoms with E-state index < -0.39 is 11.0 Å². The van der Waals surface area contributed by atoms with Crippen molar-refractivity contribution in [3.8, 4) is 0 Å². The summed E-state index contributed by atoms with van der Waals surface area (Å²) in [5.74, 6) is 0.149. The zero-order valence-electron chi connectivity index (χ0n) is 12.2. The number of carbonyl (C=O) groups excluding carboxylic acids is 2. The quantitative estimate of drug-likeness (QED) is 0.740. The van der Waals surface area contributed by atoms with Gasteiger partial charge in [0.2, 0.25) is 0 Å². The van der Waals surface area contributed by atoms with Gasteiger partial charge in [0.15, 0.2) is 5.78 Å². The Labute approximate surface area is 114 Å². The van der Waals surface area contributed by atoms with Gasteiger partial charge in [0.25, 0.3) is 0 Å². The van der Waals surface area contributed by atoms with Gasteiger partial charge in [-0.3, -0.25) is 9.59 Å². The normalized spacial score (nSPS) is 46.6. The number of hydrogen-bond donors (Lipinski definition) is 1. The molecular weight excluding hydrogens is 244 g/mol. The van der Waals surface area contributed by atoms with Gasteiger partial charge in [-0.15, -0.1) is 0 Å². The van der Waals surface area contributed by atoms with E-state index in [4.69, 9.17) is 4.74 Å². The summed E-state index contributed by atoms with van der Waals surface area (Å²) in [6.45, 7) is 7.57. The molecule has 0 heterocycles. The summed E-state index contributed by atoms with van der Waals surface area (Å²) in [5, 5.41) is 10.9. The highest BCUT2D eigenvalue weighted by atomic mass is 16.5. The van der Waals surface area contributed by atoms with E-state index in [1.165, 1.54) is 6.92 Å². The topological polar surface area (TPSA) is 63.6 Å². The first-order valence-electron chi connectivity index (χ1n) is 7.13. The fraction of sp³-hybridized carbons (Fsp3) is 0.867. The smallest absolute Gasteiger partial charge is 0.302 e. The monoisotopic (exact) mass is 268 g/mol. The molecule has 0 aromatic rings. The maximum Gasteiger partial charge on any atom is 0.302 e. The zero-order valence-corrected chi connectivity index (χ0v) is 12.2. The summed E-state index contributed by atoms with van der Waals surface area (Å²) in [4.78, 5) is 23.4. The van der Waals surface area contributed by atoms with E-state index in [1.807, 2.05) is 6.92 Å². The van der Waals surface area contributed by atoms with Crippen molar-refractivity contribution in [1.82, 2.24) is 0 Å². The van der Waals surface area contributed by atoms with Crippen LogP contribution in [-0.2, 0) is 14.3 Å². The molecule has 2 aliphatic carbocycles. The minimum absolute atomic E-state index is 0.0857. The van der Waals surface area contributed by atoms with Gasteiger partial charge in [0.1, 0.15) is 11.7 Å². The fourth-order valence-corrected chi connectivity index (χ4v) is 3.97. The molecular formula is C15H24O4. The van der Waals surface area contributed by atoms with Gasteiger partial charge in [-0.25, -0.2) is 0 Å². The third-order valence-corrected chi connectivity index (χ3v) is 5.61. The average molecular weight is 268 g/mol. The first-order chi connectivity index (χ1) is 8.70. The Morgan fingerprint density at radius 1 is 1.42 bits per heavy atom. The molecule has 108 valence electrons. The summed E-state index contributed by atoms with van der Waals surface area (Å²) in [5.41, 5.74) is -1.74. The second-order valence-electron chi connectivity index (χ2n) is 6.65. The van der Waals surface area contributed by atoms with E-state index in [0.717, 1.165) is 12.8 Å². The minimum atomic E-state index is -1.34. The maximum absolute atomic E-state index is 12.4. The van der Waals surface area contributed by atoms with Gasteiger partial charge in [-0.05, 0) is 24.7 Å². The Morgan fingerprint density at radius 2 is 2.05 bits per heavy atom. The summed E-state index contributed by atoms with van der Waals surface area (Å²) < 4.78 is 5.21. The van der Waals surface area contributed by atoms with E-state index >= 15 is 0 Å². The SMILES string of the molecule is CC(=O)OC1CCC2(C)C(C)C(C)CC(=O)C2(O)C1. The fourth-order valence-electron chi connectivity index (χ4n) is 3.97. The van der Waals surface area contributed by atoms with Crippen molar-refractivity contribution in [3.05, 3.63) is 0 Å². The number of hydrogen-bond acceptors (Lipinski definition) is 4. The average Bonchev–Trinajstić information content (AvgIpc) is 2.30. The molecule has 4 nitrogen and oxygen atoms in total. The first-order valence-corrected chi connectivity index (χ1v) is 7.13. The van der Waals surface area contributed by atoms with Gasteiger partial charge >= 0.3 is 5.97 Å². The number of Topliss-reactive ketones (excluding diaryl/α,β-unsaturated/α-hetero) is 1. The van der Waals surface area contributed by atoms with Crippen molar-refractivity contribution in [3.63, 3.8) is 0 Å². The lowest BCUT2D eigenvalue weighted by Gasteiger charge is -2.57. The molecule has 0 aromatic carbocycles. The van der Waals surface area contributed by atoms with Crippen molar-refractivity contribution in [1.29, 1.82) is 0 Å². The van der Waals surface area contributed by atoms with Crippen LogP contribution in [0.4, 0.5) is 0 Å². The molecule has 2 saturated carbocycles. The summed E-state index contributed by atoms with van der Waals surface area (Å²) in [7, 11) is 0. The Balaban J connectivity index is 2.28. The van der Waals surface area contributed by atoms with E-state index in [2.05, 4.69) is 13.8 Å². The number of ether oxygens (including phenoxy) is 1. The van der Waals surface area contributed by atoms with Gasteiger partial charge in [0.05, 0.1) is 0 Å². The predicted molar refractivity (Wildman–Crippen MR) is 70.4 cm³/mol. The van der Waals surface area contributed by atoms with Crippen molar-refractivity contribution in [2.24, 2.45) is 17.3 Å². The Hall–Kier alpha value is -0.900. The van der Waals surface area contributed by atoms with Crippen LogP contribution in [0.25, 0.3) is 0 Å². The maximum atomic E-state index is 12.4. The lowest BCUT2D eigenvalue weighted by Crippen LogP contribution is -2.64. The van der Waals surface area contributed by atoms with Crippen molar-refractivity contribution in [2.75, 3.05) is 0 Å². The van der Waals surface area contributed by atoms with E-state index in [-0.39, 0.29) is 30.2 Å². The molecule has 0 radical (unpaired) electrons. The third kappa shape index (κ3) is 2.10. The van der Waals surface area contributed by atoms with Crippen LogP contribution in [-0.4, -0.2) is 28.6 Å². The van der Waals surface area contributed by atoms with Gasteiger partial charge in [0, 0.05) is 25.2 Å². The van der Waals surface area contributed by atoms with Crippen LogP contribution >= 0.6 is 0 Å². The predicted octanol–water partition coefficient (Wildman–Crippen LogP) is 2.08. The first kappa shape index (κ1) is 14.5. The second kappa shape index (κ2) is 4.58. The molecule has 0 spiro atoms. The molecule has 1 N–H and O–H groups in total. The Bertz CT molecular complexity index is 405. The molecule has 19 heavy (non-hydrogen) atoms. The number of ketones is 1. The van der Waals surface area contributed by atoms with Crippen molar-refractivity contribution < 1.29 is 19.4 Å². The molecule has 0 bridgehead atoms. The highest BCUT2D eigenvalue weighted by molar-refractivity contribution is 5.89. The summed E-state index contributed by atoms with van der Waals surface area (Å²) >= 11 is 0. The molecule has 2 rings (SSSR count). The molecule has 0 aromatic heterocycles. The number of aliphatic hydroxyl groups is 1.